The standard InChI is InChI=1S/C17H13NO4/c1-11-9-17(20)22-15-10-12(4-6-14(11)15)18-16(19)7-5-13-3-2-8-21-13/h2-10H,1H3,(H,18,19). The van der Waals surface area contributed by atoms with Gasteiger partial charge in [-0.2, -0.15) is 0 Å². The van der Waals surface area contributed by atoms with Crippen LogP contribution in [0.25, 0.3) is 17.0 Å². The summed E-state index contributed by atoms with van der Waals surface area (Å²) in [6, 6.07) is 10.1. The number of carbonyl (C=O) groups excluding carboxylic acids is 1. The van der Waals surface area contributed by atoms with E-state index in [0.29, 0.717) is 17.0 Å². The lowest BCUT2D eigenvalue weighted by atomic mass is 10.1. The van der Waals surface area contributed by atoms with Crippen LogP contribution in [-0.2, 0) is 4.79 Å². The molecule has 0 atom stereocenters. The maximum absolute atomic E-state index is 11.8. The van der Waals surface area contributed by atoms with Gasteiger partial charge in [-0.25, -0.2) is 4.79 Å². The van der Waals surface area contributed by atoms with Crippen molar-refractivity contribution < 1.29 is 13.6 Å². The molecule has 5 nitrogen and oxygen atoms in total. The van der Waals surface area contributed by atoms with Crippen LogP contribution in [0.3, 0.4) is 0 Å². The third-order valence-electron chi connectivity index (χ3n) is 3.16. The SMILES string of the molecule is Cc1cc(=O)oc2cc(NC(=O)C=Cc3ccco3)ccc12. The highest BCUT2D eigenvalue weighted by Gasteiger charge is 2.05. The van der Waals surface area contributed by atoms with Gasteiger partial charge in [-0.15, -0.1) is 0 Å². The number of nitrogens with one attached hydrogen (secondary N) is 1. The van der Waals surface area contributed by atoms with Crippen molar-refractivity contribution in [2.75, 3.05) is 5.32 Å². The van der Waals surface area contributed by atoms with Crippen molar-refractivity contribution in [3.05, 3.63) is 70.5 Å². The average Bonchev–Trinajstić information content (AvgIpc) is 2.98. The van der Waals surface area contributed by atoms with Crippen molar-refractivity contribution in [1.29, 1.82) is 0 Å². The molecule has 0 unspecified atom stereocenters. The first-order valence-corrected chi connectivity index (χ1v) is 6.69. The fourth-order valence-electron chi connectivity index (χ4n) is 2.13. The highest BCUT2D eigenvalue weighted by Crippen LogP contribution is 2.20. The number of rotatable bonds is 3. The lowest BCUT2D eigenvalue weighted by molar-refractivity contribution is -0.111. The van der Waals surface area contributed by atoms with Gasteiger partial charge in [0.05, 0.1) is 6.26 Å². The molecule has 0 saturated heterocycles. The highest BCUT2D eigenvalue weighted by molar-refractivity contribution is 6.02. The summed E-state index contributed by atoms with van der Waals surface area (Å²) in [4.78, 5) is 23.2. The monoisotopic (exact) mass is 295 g/mol. The van der Waals surface area contributed by atoms with Gasteiger partial charge >= 0.3 is 5.63 Å². The van der Waals surface area contributed by atoms with Crippen molar-refractivity contribution in [2.45, 2.75) is 6.92 Å². The minimum atomic E-state index is -0.411. The van der Waals surface area contributed by atoms with Crippen LogP contribution in [0.1, 0.15) is 11.3 Å². The Morgan fingerprint density at radius 1 is 1.23 bits per heavy atom. The van der Waals surface area contributed by atoms with Crippen LogP contribution in [0, 0.1) is 6.92 Å². The van der Waals surface area contributed by atoms with E-state index in [1.54, 1.807) is 36.4 Å². The van der Waals surface area contributed by atoms with Gasteiger partial charge in [-0.3, -0.25) is 4.79 Å². The molecule has 0 saturated carbocycles. The Bertz CT molecular complexity index is 904. The van der Waals surface area contributed by atoms with E-state index in [0.717, 1.165) is 10.9 Å². The average molecular weight is 295 g/mol. The van der Waals surface area contributed by atoms with Crippen LogP contribution in [0.2, 0.25) is 0 Å². The Hall–Kier alpha value is -3.08. The van der Waals surface area contributed by atoms with Gasteiger partial charge in [-0.1, -0.05) is 0 Å². The number of aryl methyl sites for hydroxylation is 1. The summed E-state index contributed by atoms with van der Waals surface area (Å²) < 4.78 is 10.2. The van der Waals surface area contributed by atoms with E-state index >= 15 is 0 Å². The second kappa shape index (κ2) is 5.73. The molecule has 3 rings (SSSR count). The molecule has 0 fully saturated rings. The van der Waals surface area contributed by atoms with Gasteiger partial charge in [-0.05, 0) is 42.8 Å². The largest absolute Gasteiger partial charge is 0.465 e. The first-order chi connectivity index (χ1) is 10.6. The van der Waals surface area contributed by atoms with Gasteiger partial charge in [0.15, 0.2) is 0 Å². The number of amides is 1. The number of hydrogen-bond acceptors (Lipinski definition) is 4. The maximum atomic E-state index is 11.8. The molecule has 5 heteroatoms. The van der Waals surface area contributed by atoms with Crippen LogP contribution in [0.4, 0.5) is 5.69 Å². The first kappa shape index (κ1) is 13.9. The lowest BCUT2D eigenvalue weighted by Gasteiger charge is -2.05. The van der Waals surface area contributed by atoms with E-state index in [-0.39, 0.29) is 5.91 Å². The number of furan rings is 1. The normalized spacial score (nSPS) is 11.1. The molecule has 0 radical (unpaired) electrons. The van der Waals surface area contributed by atoms with E-state index in [2.05, 4.69) is 5.32 Å². The number of fused-ring (bicyclic) bond motifs is 1. The molecule has 1 N–H and O–H groups in total. The first-order valence-electron chi connectivity index (χ1n) is 6.69. The van der Waals surface area contributed by atoms with E-state index in [1.165, 1.54) is 18.4 Å². The summed E-state index contributed by atoms with van der Waals surface area (Å²) in [5.74, 6) is 0.293. The van der Waals surface area contributed by atoms with Crippen molar-refractivity contribution >= 4 is 28.6 Å². The quantitative estimate of drug-likeness (QED) is 0.594. The number of anilines is 1. The molecular weight excluding hydrogens is 282 g/mol. The molecule has 22 heavy (non-hydrogen) atoms. The minimum absolute atomic E-state index is 0.300. The topological polar surface area (TPSA) is 72.5 Å². The Labute approximate surface area is 125 Å². The van der Waals surface area contributed by atoms with Gasteiger partial charge in [0.2, 0.25) is 5.91 Å². The third-order valence-corrected chi connectivity index (χ3v) is 3.16. The molecule has 2 aromatic heterocycles. The Morgan fingerprint density at radius 3 is 2.86 bits per heavy atom. The van der Waals surface area contributed by atoms with E-state index < -0.39 is 5.63 Å². The van der Waals surface area contributed by atoms with E-state index in [9.17, 15) is 9.59 Å². The molecule has 2 heterocycles. The molecule has 0 aliphatic heterocycles. The maximum Gasteiger partial charge on any atom is 0.336 e. The minimum Gasteiger partial charge on any atom is -0.465 e. The van der Waals surface area contributed by atoms with Gasteiger partial charge in [0.1, 0.15) is 11.3 Å². The van der Waals surface area contributed by atoms with E-state index in [4.69, 9.17) is 8.83 Å². The number of carbonyl (C=O) groups is 1. The summed E-state index contributed by atoms with van der Waals surface area (Å²) in [6.07, 6.45) is 4.47. The molecule has 0 bridgehead atoms. The van der Waals surface area contributed by atoms with Crippen LogP contribution in [-0.4, -0.2) is 5.91 Å². The van der Waals surface area contributed by atoms with Crippen LogP contribution < -0.4 is 10.9 Å². The zero-order chi connectivity index (χ0) is 15.5. The molecule has 0 spiro atoms. The van der Waals surface area contributed by atoms with Gasteiger partial charge in [0, 0.05) is 29.3 Å². The van der Waals surface area contributed by atoms with Crippen molar-refractivity contribution in [3.8, 4) is 0 Å². The molecule has 3 aromatic rings. The fourth-order valence-corrected chi connectivity index (χ4v) is 2.13. The highest BCUT2D eigenvalue weighted by atomic mass is 16.4. The fraction of sp³-hybridized carbons (Fsp3) is 0.0588. The molecular formula is C17H13NO4. The number of benzene rings is 1. The summed E-state index contributed by atoms with van der Waals surface area (Å²) in [6.45, 7) is 1.84. The van der Waals surface area contributed by atoms with E-state index in [1.807, 2.05) is 6.92 Å². The van der Waals surface area contributed by atoms with Crippen molar-refractivity contribution in [2.24, 2.45) is 0 Å². The van der Waals surface area contributed by atoms with Gasteiger partial charge < -0.3 is 14.2 Å². The zero-order valence-electron chi connectivity index (χ0n) is 11.8. The third kappa shape index (κ3) is 2.98. The zero-order valence-corrected chi connectivity index (χ0v) is 11.8. The molecule has 1 aromatic carbocycles. The Morgan fingerprint density at radius 2 is 2.09 bits per heavy atom. The van der Waals surface area contributed by atoms with Crippen molar-refractivity contribution in [1.82, 2.24) is 0 Å². The van der Waals surface area contributed by atoms with Crippen LogP contribution >= 0.6 is 0 Å². The summed E-state index contributed by atoms with van der Waals surface area (Å²) in [7, 11) is 0. The molecule has 0 aliphatic rings. The predicted molar refractivity (Wildman–Crippen MR) is 83.6 cm³/mol. The number of hydrogen-bond donors (Lipinski definition) is 1. The summed E-state index contributed by atoms with van der Waals surface area (Å²) in [5, 5.41) is 3.54. The van der Waals surface area contributed by atoms with Crippen LogP contribution in [0.5, 0.6) is 0 Å². The molecule has 0 aliphatic carbocycles. The molecule has 1 amide bonds. The predicted octanol–water partition coefficient (Wildman–Crippen LogP) is 3.35. The lowest BCUT2D eigenvalue weighted by Crippen LogP contribution is -2.07. The second-order valence-corrected chi connectivity index (χ2v) is 4.80. The second-order valence-electron chi connectivity index (χ2n) is 4.80. The molecule has 110 valence electrons. The smallest absolute Gasteiger partial charge is 0.336 e. The van der Waals surface area contributed by atoms with Crippen molar-refractivity contribution in [3.63, 3.8) is 0 Å². The van der Waals surface area contributed by atoms with Crippen LogP contribution in [0.15, 0.2) is 62.4 Å². The summed E-state index contributed by atoms with van der Waals surface area (Å²) in [5.41, 5.74) is 1.42. The Kier molecular flexibility index (Phi) is 3.62. The summed E-state index contributed by atoms with van der Waals surface area (Å²) >= 11 is 0. The Balaban J connectivity index is 1.82. The van der Waals surface area contributed by atoms with Gasteiger partial charge in [0.25, 0.3) is 0 Å².